The zero-order valence-electron chi connectivity index (χ0n) is 9.26. The lowest BCUT2D eigenvalue weighted by Gasteiger charge is -2.06. The molecule has 0 atom stereocenters. The van der Waals surface area contributed by atoms with Crippen molar-refractivity contribution in [1.82, 2.24) is 9.78 Å². The first-order valence-corrected chi connectivity index (χ1v) is 7.05. The molecule has 0 saturated heterocycles. The van der Waals surface area contributed by atoms with E-state index >= 15 is 0 Å². The van der Waals surface area contributed by atoms with Crippen LogP contribution in [0, 0.1) is 5.82 Å². The summed E-state index contributed by atoms with van der Waals surface area (Å²) >= 11 is 5.64. The Morgan fingerprint density at radius 2 is 2.11 bits per heavy atom. The van der Waals surface area contributed by atoms with Crippen molar-refractivity contribution >= 4 is 27.1 Å². The van der Waals surface area contributed by atoms with Crippen LogP contribution in [0.5, 0.6) is 0 Å². The molecule has 2 aromatic rings. The van der Waals surface area contributed by atoms with Gasteiger partial charge in [0.25, 0.3) is 0 Å². The van der Waals surface area contributed by atoms with E-state index in [1.54, 1.807) is 0 Å². The Kier molecular flexibility index (Phi) is 3.04. The van der Waals surface area contributed by atoms with Crippen LogP contribution in [0.3, 0.4) is 0 Å². The van der Waals surface area contributed by atoms with Crippen LogP contribution >= 0.6 is 11.6 Å². The van der Waals surface area contributed by atoms with Crippen molar-refractivity contribution in [3.05, 3.63) is 35.4 Å². The fourth-order valence-corrected chi connectivity index (χ4v) is 2.07. The average Bonchev–Trinajstić information content (AvgIpc) is 2.72. The Labute approximate surface area is 108 Å². The van der Waals surface area contributed by atoms with Gasteiger partial charge in [-0.05, 0) is 6.07 Å². The quantitative estimate of drug-likeness (QED) is 0.853. The number of nitrogens with two attached hydrogens (primary N) is 1. The van der Waals surface area contributed by atoms with E-state index in [1.807, 2.05) is 0 Å². The number of benzene rings is 1. The first-order chi connectivity index (χ1) is 8.29. The number of nitrogen functional groups attached to an aromatic ring is 1. The number of sulfone groups is 1. The highest BCUT2D eigenvalue weighted by molar-refractivity contribution is 7.90. The number of hydrogen-bond acceptors (Lipinski definition) is 4. The first-order valence-electron chi connectivity index (χ1n) is 4.78. The van der Waals surface area contributed by atoms with Gasteiger partial charge >= 0.3 is 0 Å². The molecule has 0 spiro atoms. The molecule has 0 radical (unpaired) electrons. The zero-order chi connectivity index (χ0) is 13.5. The predicted octanol–water partition coefficient (Wildman–Crippen LogP) is 1.65. The molecule has 1 aromatic heterocycles. The summed E-state index contributed by atoms with van der Waals surface area (Å²) in [5, 5.41) is 3.75. The molecular formula is C10H9ClFN3O2S. The molecular weight excluding hydrogens is 281 g/mol. The number of hydrogen-bond donors (Lipinski definition) is 1. The smallest absolute Gasteiger partial charge is 0.178 e. The van der Waals surface area contributed by atoms with Crippen LogP contribution in [0.2, 0.25) is 5.02 Å². The van der Waals surface area contributed by atoms with Crippen LogP contribution in [0.25, 0.3) is 5.69 Å². The van der Waals surface area contributed by atoms with Crippen LogP contribution in [-0.2, 0) is 9.84 Å². The molecule has 8 heteroatoms. The molecule has 1 aromatic carbocycles. The van der Waals surface area contributed by atoms with Crippen molar-refractivity contribution in [3.63, 3.8) is 0 Å². The Hall–Kier alpha value is -1.60. The third-order valence-electron chi connectivity index (χ3n) is 2.30. The lowest BCUT2D eigenvalue weighted by Crippen LogP contribution is -2.01. The van der Waals surface area contributed by atoms with Gasteiger partial charge in [-0.25, -0.2) is 17.5 Å². The number of rotatable bonds is 2. The van der Waals surface area contributed by atoms with Crippen LogP contribution < -0.4 is 5.73 Å². The summed E-state index contributed by atoms with van der Waals surface area (Å²) in [4.78, 5) is 0.0438. The molecule has 96 valence electrons. The minimum Gasteiger partial charge on any atom is -0.397 e. The van der Waals surface area contributed by atoms with Crippen molar-refractivity contribution in [2.75, 3.05) is 12.0 Å². The minimum atomic E-state index is -3.35. The van der Waals surface area contributed by atoms with Crippen LogP contribution in [0.15, 0.2) is 29.4 Å². The first kappa shape index (κ1) is 12.8. The van der Waals surface area contributed by atoms with E-state index in [1.165, 1.54) is 23.1 Å². The van der Waals surface area contributed by atoms with Crippen molar-refractivity contribution in [1.29, 1.82) is 0 Å². The summed E-state index contributed by atoms with van der Waals surface area (Å²) in [6.07, 6.45) is 3.54. The fraction of sp³-hybridized carbons (Fsp3) is 0.100. The molecule has 2 rings (SSSR count). The molecule has 18 heavy (non-hydrogen) atoms. The second-order valence-corrected chi connectivity index (χ2v) is 6.14. The molecule has 1 heterocycles. The van der Waals surface area contributed by atoms with E-state index in [2.05, 4.69) is 5.10 Å². The van der Waals surface area contributed by atoms with E-state index < -0.39 is 15.7 Å². The Bertz CT molecular complexity index is 712. The predicted molar refractivity (Wildman–Crippen MR) is 66.1 cm³/mol. The van der Waals surface area contributed by atoms with Gasteiger partial charge in [0.05, 0.1) is 22.6 Å². The fourth-order valence-electron chi connectivity index (χ4n) is 1.38. The van der Waals surface area contributed by atoms with Crippen LogP contribution in [-0.4, -0.2) is 24.5 Å². The normalized spacial score (nSPS) is 11.7. The van der Waals surface area contributed by atoms with E-state index in [4.69, 9.17) is 17.3 Å². The number of nitrogens with zero attached hydrogens (tertiary/aromatic N) is 2. The zero-order valence-corrected chi connectivity index (χ0v) is 10.8. The molecule has 0 aliphatic heterocycles. The number of halogens is 2. The largest absolute Gasteiger partial charge is 0.397 e. The summed E-state index contributed by atoms with van der Waals surface area (Å²) in [5.74, 6) is -0.645. The number of aromatic nitrogens is 2. The SMILES string of the molecule is CS(=O)(=O)c1cnn(-c2cc(Cl)c(F)cc2N)c1. The summed E-state index contributed by atoms with van der Waals surface area (Å²) in [6, 6.07) is 2.34. The van der Waals surface area contributed by atoms with Gasteiger partial charge < -0.3 is 5.73 Å². The summed E-state index contributed by atoms with van der Waals surface area (Å²) in [7, 11) is -3.35. The average molecular weight is 290 g/mol. The second kappa shape index (κ2) is 4.25. The third kappa shape index (κ3) is 2.32. The second-order valence-electron chi connectivity index (χ2n) is 3.72. The lowest BCUT2D eigenvalue weighted by molar-refractivity contribution is 0.602. The van der Waals surface area contributed by atoms with Gasteiger partial charge in [-0.2, -0.15) is 5.10 Å². The number of anilines is 1. The van der Waals surface area contributed by atoms with E-state index in [0.717, 1.165) is 12.3 Å². The topological polar surface area (TPSA) is 78.0 Å². The molecule has 0 unspecified atom stereocenters. The highest BCUT2D eigenvalue weighted by Crippen LogP contribution is 2.25. The maximum atomic E-state index is 13.1. The Balaban J connectivity index is 2.56. The maximum absolute atomic E-state index is 13.1. The Morgan fingerprint density at radius 1 is 1.44 bits per heavy atom. The van der Waals surface area contributed by atoms with Gasteiger partial charge in [-0.15, -0.1) is 0 Å². The van der Waals surface area contributed by atoms with Crippen molar-refractivity contribution in [2.24, 2.45) is 0 Å². The molecule has 0 saturated carbocycles. The van der Waals surface area contributed by atoms with E-state index in [9.17, 15) is 12.8 Å². The van der Waals surface area contributed by atoms with Crippen LogP contribution in [0.1, 0.15) is 0 Å². The molecule has 0 aliphatic carbocycles. The van der Waals surface area contributed by atoms with E-state index in [-0.39, 0.29) is 15.6 Å². The summed E-state index contributed by atoms with van der Waals surface area (Å²) in [6.45, 7) is 0. The van der Waals surface area contributed by atoms with Crippen molar-refractivity contribution in [2.45, 2.75) is 4.90 Å². The van der Waals surface area contributed by atoms with Gasteiger partial charge in [0.2, 0.25) is 0 Å². The summed E-state index contributed by atoms with van der Waals surface area (Å²) in [5.41, 5.74) is 6.06. The lowest BCUT2D eigenvalue weighted by atomic mass is 10.2. The maximum Gasteiger partial charge on any atom is 0.178 e. The van der Waals surface area contributed by atoms with Gasteiger partial charge in [-0.1, -0.05) is 11.6 Å². The summed E-state index contributed by atoms with van der Waals surface area (Å²) < 4.78 is 37.0. The molecule has 0 aliphatic rings. The highest BCUT2D eigenvalue weighted by Gasteiger charge is 2.13. The highest BCUT2D eigenvalue weighted by atomic mass is 35.5. The minimum absolute atomic E-state index is 0.0438. The van der Waals surface area contributed by atoms with Gasteiger partial charge in [-0.3, -0.25) is 0 Å². The molecule has 5 nitrogen and oxygen atoms in total. The Morgan fingerprint density at radius 3 is 2.67 bits per heavy atom. The molecule has 0 amide bonds. The van der Waals surface area contributed by atoms with Gasteiger partial charge in [0, 0.05) is 18.5 Å². The van der Waals surface area contributed by atoms with Crippen LogP contribution in [0.4, 0.5) is 10.1 Å². The third-order valence-corrected chi connectivity index (χ3v) is 3.66. The van der Waals surface area contributed by atoms with Crippen molar-refractivity contribution in [3.8, 4) is 5.69 Å². The van der Waals surface area contributed by atoms with Gasteiger partial charge in [0.15, 0.2) is 9.84 Å². The van der Waals surface area contributed by atoms with E-state index in [0.29, 0.717) is 5.69 Å². The molecule has 0 bridgehead atoms. The monoisotopic (exact) mass is 289 g/mol. The molecule has 2 N–H and O–H groups in total. The molecule has 0 fully saturated rings. The standard InChI is InChI=1S/C10H9ClFN3O2S/c1-18(16,17)6-4-14-15(5-6)10-2-7(11)8(12)3-9(10)13/h2-5H,13H2,1H3. The van der Waals surface area contributed by atoms with Crippen molar-refractivity contribution < 1.29 is 12.8 Å². The van der Waals surface area contributed by atoms with Gasteiger partial charge in [0.1, 0.15) is 10.7 Å².